The van der Waals surface area contributed by atoms with Crippen molar-refractivity contribution in [3.05, 3.63) is 30.1 Å². The molecule has 2 heterocycles. The molecule has 1 amide bonds. The number of amides is 1. The van der Waals surface area contributed by atoms with Gasteiger partial charge in [-0.1, -0.05) is 6.07 Å². The highest BCUT2D eigenvalue weighted by Gasteiger charge is 2.21. The molecule has 2 rings (SSSR count). The lowest BCUT2D eigenvalue weighted by molar-refractivity contribution is -0.138. The molecule has 0 saturated carbocycles. The van der Waals surface area contributed by atoms with Gasteiger partial charge in [0.1, 0.15) is 0 Å². The van der Waals surface area contributed by atoms with E-state index in [0.717, 1.165) is 18.7 Å². The van der Waals surface area contributed by atoms with Crippen molar-refractivity contribution in [2.24, 2.45) is 0 Å². The Morgan fingerprint density at radius 3 is 2.60 bits per heavy atom. The Kier molecular flexibility index (Phi) is 5.06. The van der Waals surface area contributed by atoms with E-state index in [1.54, 1.807) is 12.4 Å². The van der Waals surface area contributed by atoms with Crippen LogP contribution in [0.4, 0.5) is 0 Å². The molecule has 0 bridgehead atoms. The molecular weight excluding hydrogens is 258 g/mol. The monoisotopic (exact) mass is 277 g/mol. The summed E-state index contributed by atoms with van der Waals surface area (Å²) in [4.78, 5) is 30.6. The Morgan fingerprint density at radius 2 is 2.00 bits per heavy atom. The summed E-state index contributed by atoms with van der Waals surface area (Å²) in [6, 6.07) is 3.72. The van der Waals surface area contributed by atoms with Crippen LogP contribution in [-0.2, 0) is 16.0 Å². The first-order valence-corrected chi connectivity index (χ1v) is 6.76. The van der Waals surface area contributed by atoms with Crippen LogP contribution in [0.2, 0.25) is 0 Å². The number of aromatic nitrogens is 1. The maximum atomic E-state index is 12.1. The van der Waals surface area contributed by atoms with Gasteiger partial charge in [-0.3, -0.25) is 19.5 Å². The van der Waals surface area contributed by atoms with Gasteiger partial charge < -0.3 is 10.0 Å². The molecule has 1 aromatic rings. The maximum absolute atomic E-state index is 12.1. The van der Waals surface area contributed by atoms with Crippen LogP contribution in [0.25, 0.3) is 0 Å². The zero-order valence-corrected chi connectivity index (χ0v) is 11.4. The number of rotatable bonds is 5. The Bertz CT molecular complexity index is 456. The number of nitrogens with zero attached hydrogens (tertiary/aromatic N) is 3. The molecule has 6 heteroatoms. The minimum atomic E-state index is -0.778. The SMILES string of the molecule is O=C(O)CCN1CCN(C(=O)Cc2cccnc2)CC1. The molecule has 0 radical (unpaired) electrons. The second-order valence-electron chi connectivity index (χ2n) is 4.90. The summed E-state index contributed by atoms with van der Waals surface area (Å²) in [5.41, 5.74) is 0.922. The molecule has 0 spiro atoms. The lowest BCUT2D eigenvalue weighted by Crippen LogP contribution is -2.49. The lowest BCUT2D eigenvalue weighted by atomic mass is 10.2. The Balaban J connectivity index is 1.76. The van der Waals surface area contributed by atoms with Crippen LogP contribution in [0.15, 0.2) is 24.5 Å². The molecule has 0 unspecified atom stereocenters. The Labute approximate surface area is 118 Å². The lowest BCUT2D eigenvalue weighted by Gasteiger charge is -2.34. The molecule has 1 N–H and O–H groups in total. The predicted molar refractivity (Wildman–Crippen MR) is 73.2 cm³/mol. The molecule has 1 aromatic heterocycles. The fourth-order valence-corrected chi connectivity index (χ4v) is 2.26. The van der Waals surface area contributed by atoms with Crippen LogP contribution in [0.5, 0.6) is 0 Å². The molecule has 0 aromatic carbocycles. The smallest absolute Gasteiger partial charge is 0.304 e. The van der Waals surface area contributed by atoms with E-state index < -0.39 is 5.97 Å². The summed E-state index contributed by atoms with van der Waals surface area (Å²) in [5.74, 6) is -0.670. The molecule has 1 fully saturated rings. The highest BCUT2D eigenvalue weighted by molar-refractivity contribution is 5.78. The number of hydrogen-bond acceptors (Lipinski definition) is 4. The van der Waals surface area contributed by atoms with Crippen molar-refractivity contribution in [3.63, 3.8) is 0 Å². The van der Waals surface area contributed by atoms with E-state index in [1.165, 1.54) is 0 Å². The highest BCUT2D eigenvalue weighted by atomic mass is 16.4. The fourth-order valence-electron chi connectivity index (χ4n) is 2.26. The molecular formula is C14H19N3O3. The van der Waals surface area contributed by atoms with E-state index in [4.69, 9.17) is 5.11 Å². The van der Waals surface area contributed by atoms with Gasteiger partial charge in [0.15, 0.2) is 0 Å². The summed E-state index contributed by atoms with van der Waals surface area (Å²) in [5, 5.41) is 8.65. The number of carbonyl (C=O) groups excluding carboxylic acids is 1. The van der Waals surface area contributed by atoms with E-state index >= 15 is 0 Å². The van der Waals surface area contributed by atoms with Gasteiger partial charge in [-0.2, -0.15) is 0 Å². The van der Waals surface area contributed by atoms with Crippen LogP contribution in [0.3, 0.4) is 0 Å². The molecule has 1 aliphatic rings. The van der Waals surface area contributed by atoms with E-state index in [1.807, 2.05) is 17.0 Å². The van der Waals surface area contributed by atoms with Crippen molar-refractivity contribution >= 4 is 11.9 Å². The number of carboxylic acids is 1. The number of pyridine rings is 1. The van der Waals surface area contributed by atoms with E-state index in [9.17, 15) is 9.59 Å². The van der Waals surface area contributed by atoms with Gasteiger partial charge in [-0.25, -0.2) is 0 Å². The van der Waals surface area contributed by atoms with Gasteiger partial charge in [0.2, 0.25) is 5.91 Å². The van der Waals surface area contributed by atoms with Gasteiger partial charge in [-0.05, 0) is 11.6 Å². The van der Waals surface area contributed by atoms with Crippen molar-refractivity contribution in [1.82, 2.24) is 14.8 Å². The third-order valence-electron chi connectivity index (χ3n) is 3.45. The van der Waals surface area contributed by atoms with Crippen molar-refractivity contribution in [2.45, 2.75) is 12.8 Å². The average Bonchev–Trinajstić information content (AvgIpc) is 2.46. The standard InChI is InChI=1S/C14H19N3O3/c18-13(10-12-2-1-4-15-11-12)17-8-6-16(7-9-17)5-3-14(19)20/h1-2,4,11H,3,5-10H2,(H,19,20). The quantitative estimate of drug-likeness (QED) is 0.834. The summed E-state index contributed by atoms with van der Waals surface area (Å²) >= 11 is 0. The van der Waals surface area contributed by atoms with Gasteiger partial charge in [-0.15, -0.1) is 0 Å². The number of carboxylic acid groups (broad SMARTS) is 1. The molecule has 1 saturated heterocycles. The van der Waals surface area contributed by atoms with Crippen molar-refractivity contribution < 1.29 is 14.7 Å². The largest absolute Gasteiger partial charge is 0.481 e. The molecule has 0 aliphatic carbocycles. The summed E-state index contributed by atoms with van der Waals surface area (Å²) in [6.45, 7) is 3.37. The topological polar surface area (TPSA) is 73.7 Å². The third-order valence-corrected chi connectivity index (χ3v) is 3.45. The number of aliphatic carboxylic acids is 1. The van der Waals surface area contributed by atoms with Crippen LogP contribution in [0, 0.1) is 0 Å². The van der Waals surface area contributed by atoms with E-state index in [0.29, 0.717) is 26.1 Å². The summed E-state index contributed by atoms with van der Waals surface area (Å²) in [7, 11) is 0. The van der Waals surface area contributed by atoms with Gasteiger partial charge in [0.05, 0.1) is 12.8 Å². The summed E-state index contributed by atoms with van der Waals surface area (Å²) < 4.78 is 0. The molecule has 20 heavy (non-hydrogen) atoms. The first kappa shape index (κ1) is 14.5. The molecule has 6 nitrogen and oxygen atoms in total. The van der Waals surface area contributed by atoms with Crippen molar-refractivity contribution in [2.75, 3.05) is 32.7 Å². The number of carbonyl (C=O) groups is 2. The molecule has 108 valence electrons. The van der Waals surface area contributed by atoms with Gasteiger partial charge in [0, 0.05) is 45.1 Å². The second kappa shape index (κ2) is 7.00. The zero-order valence-electron chi connectivity index (χ0n) is 11.4. The Hall–Kier alpha value is -1.95. The van der Waals surface area contributed by atoms with Crippen molar-refractivity contribution in [3.8, 4) is 0 Å². The maximum Gasteiger partial charge on any atom is 0.304 e. The fraction of sp³-hybridized carbons (Fsp3) is 0.500. The minimum absolute atomic E-state index is 0.107. The van der Waals surface area contributed by atoms with Crippen LogP contribution in [0.1, 0.15) is 12.0 Å². The molecule has 0 atom stereocenters. The normalized spacial score (nSPS) is 16.1. The minimum Gasteiger partial charge on any atom is -0.481 e. The van der Waals surface area contributed by atoms with Crippen LogP contribution in [-0.4, -0.2) is 64.5 Å². The van der Waals surface area contributed by atoms with E-state index in [-0.39, 0.29) is 12.3 Å². The second-order valence-corrected chi connectivity index (χ2v) is 4.90. The van der Waals surface area contributed by atoms with Gasteiger partial charge >= 0.3 is 5.97 Å². The third kappa shape index (κ3) is 4.31. The summed E-state index contributed by atoms with van der Waals surface area (Å²) in [6.07, 6.45) is 3.93. The number of hydrogen-bond donors (Lipinski definition) is 1. The Morgan fingerprint density at radius 1 is 1.25 bits per heavy atom. The average molecular weight is 277 g/mol. The zero-order chi connectivity index (χ0) is 14.4. The number of piperazine rings is 1. The first-order valence-electron chi connectivity index (χ1n) is 6.76. The highest BCUT2D eigenvalue weighted by Crippen LogP contribution is 2.06. The molecule has 1 aliphatic heterocycles. The van der Waals surface area contributed by atoms with Crippen molar-refractivity contribution in [1.29, 1.82) is 0 Å². The van der Waals surface area contributed by atoms with Gasteiger partial charge in [0.25, 0.3) is 0 Å². The first-order chi connectivity index (χ1) is 9.65. The van der Waals surface area contributed by atoms with E-state index in [2.05, 4.69) is 9.88 Å². The van der Waals surface area contributed by atoms with Crippen LogP contribution < -0.4 is 0 Å². The predicted octanol–water partition coefficient (Wildman–Crippen LogP) is 0.243. The van der Waals surface area contributed by atoms with Crippen LogP contribution >= 0.6 is 0 Å².